The van der Waals surface area contributed by atoms with Crippen LogP contribution in [0.4, 0.5) is 0 Å². The van der Waals surface area contributed by atoms with Gasteiger partial charge in [0, 0.05) is 5.88 Å². The smallest absolute Gasteiger partial charge is 0.161 e. The zero-order valence-electron chi connectivity index (χ0n) is 10.6. The van der Waals surface area contributed by atoms with Crippen molar-refractivity contribution in [3.05, 3.63) is 53.6 Å². The third-order valence-electron chi connectivity index (χ3n) is 2.69. The Balaban J connectivity index is 2.11. The van der Waals surface area contributed by atoms with Crippen molar-refractivity contribution in [2.75, 3.05) is 7.11 Å². The van der Waals surface area contributed by atoms with Crippen LogP contribution in [0.3, 0.4) is 0 Å². The first kappa shape index (κ1) is 13.6. The van der Waals surface area contributed by atoms with Gasteiger partial charge in [-0.05, 0) is 35.4 Å². The highest BCUT2D eigenvalue weighted by Crippen LogP contribution is 2.29. The van der Waals surface area contributed by atoms with Gasteiger partial charge in [0.25, 0.3) is 0 Å². The van der Waals surface area contributed by atoms with E-state index in [0.29, 0.717) is 24.0 Å². The number of phenols is 1. The molecule has 0 bridgehead atoms. The number of hydrogen-bond acceptors (Lipinski definition) is 3. The summed E-state index contributed by atoms with van der Waals surface area (Å²) in [6.07, 6.45) is 0. The summed E-state index contributed by atoms with van der Waals surface area (Å²) in [6.45, 7) is 0.366. The molecule has 0 saturated carbocycles. The van der Waals surface area contributed by atoms with Crippen LogP contribution in [0.25, 0.3) is 0 Å². The van der Waals surface area contributed by atoms with Crippen LogP contribution < -0.4 is 9.47 Å². The summed E-state index contributed by atoms with van der Waals surface area (Å²) in [5.41, 5.74) is 1.87. The highest BCUT2D eigenvalue weighted by Gasteiger charge is 2.06. The average Bonchev–Trinajstić information content (AvgIpc) is 2.45. The van der Waals surface area contributed by atoms with E-state index in [1.807, 2.05) is 24.3 Å². The second kappa shape index (κ2) is 6.34. The summed E-state index contributed by atoms with van der Waals surface area (Å²) in [5.74, 6) is 1.96. The predicted molar refractivity (Wildman–Crippen MR) is 75.0 cm³/mol. The second-order valence-corrected chi connectivity index (χ2v) is 4.34. The van der Waals surface area contributed by atoms with Crippen molar-refractivity contribution in [2.45, 2.75) is 12.5 Å². The number of halogens is 1. The molecule has 0 aliphatic carbocycles. The molecule has 0 unspecified atom stereocenters. The second-order valence-electron chi connectivity index (χ2n) is 4.08. The van der Waals surface area contributed by atoms with Gasteiger partial charge in [-0.15, -0.1) is 11.6 Å². The summed E-state index contributed by atoms with van der Waals surface area (Å²) < 4.78 is 11.0. The minimum Gasteiger partial charge on any atom is -0.508 e. The Bertz CT molecular complexity index is 555. The minimum atomic E-state index is 0.227. The van der Waals surface area contributed by atoms with Crippen LogP contribution in [0.2, 0.25) is 0 Å². The number of methoxy groups -OCH3 is 1. The van der Waals surface area contributed by atoms with E-state index < -0.39 is 0 Å². The van der Waals surface area contributed by atoms with Crippen LogP contribution in [-0.2, 0) is 12.5 Å². The molecule has 0 radical (unpaired) electrons. The quantitative estimate of drug-likeness (QED) is 0.847. The van der Waals surface area contributed by atoms with Gasteiger partial charge in [0.05, 0.1) is 7.11 Å². The van der Waals surface area contributed by atoms with Crippen molar-refractivity contribution >= 4 is 11.6 Å². The Morgan fingerprint density at radius 2 is 1.89 bits per heavy atom. The number of benzene rings is 2. The van der Waals surface area contributed by atoms with E-state index in [-0.39, 0.29) is 5.75 Å². The molecule has 0 heterocycles. The summed E-state index contributed by atoms with van der Waals surface area (Å²) in [6, 6.07) is 12.5. The molecule has 3 nitrogen and oxygen atoms in total. The lowest BCUT2D eigenvalue weighted by molar-refractivity contribution is 0.284. The monoisotopic (exact) mass is 278 g/mol. The minimum absolute atomic E-state index is 0.227. The molecule has 0 aliphatic heterocycles. The van der Waals surface area contributed by atoms with E-state index in [4.69, 9.17) is 21.1 Å². The van der Waals surface area contributed by atoms with Crippen LogP contribution in [0.5, 0.6) is 17.2 Å². The van der Waals surface area contributed by atoms with Crippen molar-refractivity contribution in [3.63, 3.8) is 0 Å². The zero-order valence-corrected chi connectivity index (χ0v) is 11.4. The normalized spacial score (nSPS) is 10.2. The molecule has 2 aromatic carbocycles. The SMILES string of the molecule is COc1cc(CCl)ccc1OCc1cccc(O)c1. The van der Waals surface area contributed by atoms with Gasteiger partial charge in [-0.25, -0.2) is 0 Å². The molecule has 1 N–H and O–H groups in total. The first-order valence-electron chi connectivity index (χ1n) is 5.86. The van der Waals surface area contributed by atoms with Crippen LogP contribution in [0.1, 0.15) is 11.1 Å². The summed E-state index contributed by atoms with van der Waals surface area (Å²) in [7, 11) is 1.59. The van der Waals surface area contributed by atoms with Crippen LogP contribution in [0, 0.1) is 0 Å². The molecule has 0 spiro atoms. The van der Waals surface area contributed by atoms with Crippen molar-refractivity contribution < 1.29 is 14.6 Å². The average molecular weight is 279 g/mol. The molecule has 0 atom stereocenters. The third kappa shape index (κ3) is 3.55. The zero-order chi connectivity index (χ0) is 13.7. The van der Waals surface area contributed by atoms with Crippen LogP contribution in [-0.4, -0.2) is 12.2 Å². The maximum absolute atomic E-state index is 9.38. The van der Waals surface area contributed by atoms with Gasteiger partial charge in [-0.1, -0.05) is 18.2 Å². The fourth-order valence-electron chi connectivity index (χ4n) is 1.72. The number of ether oxygens (including phenoxy) is 2. The van der Waals surface area contributed by atoms with Crippen LogP contribution in [0.15, 0.2) is 42.5 Å². The molecule has 100 valence electrons. The Labute approximate surface area is 117 Å². The summed E-state index contributed by atoms with van der Waals surface area (Å²) in [4.78, 5) is 0. The van der Waals surface area contributed by atoms with Crippen LogP contribution >= 0.6 is 11.6 Å². The predicted octanol–water partition coefficient (Wildman–Crippen LogP) is 3.72. The highest BCUT2D eigenvalue weighted by molar-refractivity contribution is 6.17. The lowest BCUT2D eigenvalue weighted by atomic mass is 10.2. The standard InChI is InChI=1S/C15H15ClO3/c1-18-15-8-11(9-16)5-6-14(15)19-10-12-3-2-4-13(17)7-12/h2-8,17H,9-10H2,1H3. The molecule has 2 aromatic rings. The van der Waals surface area contributed by atoms with E-state index in [9.17, 15) is 5.11 Å². The molecular weight excluding hydrogens is 264 g/mol. The molecule has 0 aromatic heterocycles. The highest BCUT2D eigenvalue weighted by atomic mass is 35.5. The lowest BCUT2D eigenvalue weighted by Gasteiger charge is -2.11. The Morgan fingerprint density at radius 3 is 2.58 bits per heavy atom. The van der Waals surface area contributed by atoms with E-state index in [2.05, 4.69) is 0 Å². The van der Waals surface area contributed by atoms with Crippen molar-refractivity contribution in [1.82, 2.24) is 0 Å². The van der Waals surface area contributed by atoms with E-state index in [1.165, 1.54) is 0 Å². The van der Waals surface area contributed by atoms with Gasteiger partial charge in [-0.3, -0.25) is 0 Å². The number of hydrogen-bond donors (Lipinski definition) is 1. The van der Waals surface area contributed by atoms with Crippen molar-refractivity contribution in [1.29, 1.82) is 0 Å². The van der Waals surface area contributed by atoms with Gasteiger partial charge < -0.3 is 14.6 Å². The van der Waals surface area contributed by atoms with E-state index >= 15 is 0 Å². The van der Waals surface area contributed by atoms with Gasteiger partial charge >= 0.3 is 0 Å². The Kier molecular flexibility index (Phi) is 4.53. The number of aromatic hydroxyl groups is 1. The molecule has 4 heteroatoms. The van der Waals surface area contributed by atoms with Crippen molar-refractivity contribution in [3.8, 4) is 17.2 Å². The summed E-state index contributed by atoms with van der Waals surface area (Å²) >= 11 is 5.77. The van der Waals surface area contributed by atoms with Gasteiger partial charge in [0.2, 0.25) is 0 Å². The molecule has 0 aliphatic rings. The van der Waals surface area contributed by atoms with Gasteiger partial charge in [0.1, 0.15) is 12.4 Å². The number of rotatable bonds is 5. The maximum atomic E-state index is 9.38. The van der Waals surface area contributed by atoms with Gasteiger partial charge in [-0.2, -0.15) is 0 Å². The first-order valence-corrected chi connectivity index (χ1v) is 6.40. The Morgan fingerprint density at radius 1 is 1.05 bits per heavy atom. The maximum Gasteiger partial charge on any atom is 0.161 e. The molecule has 19 heavy (non-hydrogen) atoms. The van der Waals surface area contributed by atoms with E-state index in [1.54, 1.807) is 25.3 Å². The summed E-state index contributed by atoms with van der Waals surface area (Å²) in [5, 5.41) is 9.38. The number of alkyl halides is 1. The van der Waals surface area contributed by atoms with Gasteiger partial charge in [0.15, 0.2) is 11.5 Å². The topological polar surface area (TPSA) is 38.7 Å². The molecule has 0 fully saturated rings. The number of phenolic OH excluding ortho intramolecular Hbond substituents is 1. The van der Waals surface area contributed by atoms with E-state index in [0.717, 1.165) is 11.1 Å². The third-order valence-corrected chi connectivity index (χ3v) is 3.00. The molecule has 2 rings (SSSR count). The largest absolute Gasteiger partial charge is 0.508 e. The fraction of sp³-hybridized carbons (Fsp3) is 0.200. The molecule has 0 amide bonds. The molecular formula is C15H15ClO3. The first-order chi connectivity index (χ1) is 9.22. The Hall–Kier alpha value is -1.87. The van der Waals surface area contributed by atoms with Crippen molar-refractivity contribution in [2.24, 2.45) is 0 Å². The fourth-order valence-corrected chi connectivity index (χ4v) is 1.89. The lowest BCUT2D eigenvalue weighted by Crippen LogP contribution is -1.98. The molecule has 0 saturated heterocycles.